The van der Waals surface area contributed by atoms with Crippen LogP contribution in [0.25, 0.3) is 22.4 Å². The lowest BCUT2D eigenvalue weighted by molar-refractivity contribution is 0.102. The molecule has 0 aliphatic heterocycles. The lowest BCUT2D eigenvalue weighted by atomic mass is 10.1. The maximum absolute atomic E-state index is 12.6. The van der Waals surface area contributed by atoms with Crippen molar-refractivity contribution in [3.8, 4) is 11.4 Å². The lowest BCUT2D eigenvalue weighted by Crippen LogP contribution is -2.12. The predicted molar refractivity (Wildman–Crippen MR) is 111 cm³/mol. The first-order chi connectivity index (χ1) is 13.0. The Kier molecular flexibility index (Phi) is 4.60. The smallest absolute Gasteiger partial charge is 0.255 e. The molecule has 0 aliphatic rings. The molecule has 0 fully saturated rings. The van der Waals surface area contributed by atoms with Crippen LogP contribution < -0.4 is 5.32 Å². The number of hydrogen-bond acceptors (Lipinski definition) is 2. The van der Waals surface area contributed by atoms with Gasteiger partial charge in [0, 0.05) is 16.1 Å². The van der Waals surface area contributed by atoms with E-state index in [0.717, 1.165) is 22.2 Å². The van der Waals surface area contributed by atoms with E-state index in [1.165, 1.54) is 0 Å². The Balaban J connectivity index is 1.66. The van der Waals surface area contributed by atoms with Crippen molar-refractivity contribution in [3.05, 3.63) is 81.8 Å². The second-order valence-corrected chi connectivity index (χ2v) is 7.03. The van der Waals surface area contributed by atoms with Gasteiger partial charge in [-0.1, -0.05) is 41.4 Å². The first-order valence-corrected chi connectivity index (χ1v) is 9.09. The maximum Gasteiger partial charge on any atom is 0.255 e. The molecule has 1 amide bonds. The number of rotatable bonds is 3. The first-order valence-electron chi connectivity index (χ1n) is 8.33. The van der Waals surface area contributed by atoms with Gasteiger partial charge in [-0.15, -0.1) is 0 Å². The fourth-order valence-electron chi connectivity index (χ4n) is 2.79. The second kappa shape index (κ2) is 7.06. The molecule has 4 rings (SSSR count). The number of aromatic nitrogens is 2. The number of anilines is 1. The number of imidazole rings is 1. The molecule has 3 aromatic carbocycles. The number of nitrogens with one attached hydrogen (secondary N) is 2. The highest BCUT2D eigenvalue weighted by molar-refractivity contribution is 6.34. The summed E-state index contributed by atoms with van der Waals surface area (Å²) in [6.07, 6.45) is 0. The van der Waals surface area contributed by atoms with Crippen molar-refractivity contribution in [1.82, 2.24) is 9.97 Å². The molecule has 0 unspecified atom stereocenters. The largest absolute Gasteiger partial charge is 0.338 e. The van der Waals surface area contributed by atoms with Crippen molar-refractivity contribution in [3.63, 3.8) is 0 Å². The summed E-state index contributed by atoms with van der Waals surface area (Å²) in [4.78, 5) is 20.4. The van der Waals surface area contributed by atoms with E-state index in [-0.39, 0.29) is 5.91 Å². The lowest BCUT2D eigenvalue weighted by Gasteiger charge is -2.09. The van der Waals surface area contributed by atoms with Crippen molar-refractivity contribution in [2.75, 3.05) is 5.32 Å². The monoisotopic (exact) mass is 395 g/mol. The fourth-order valence-corrected chi connectivity index (χ4v) is 3.13. The minimum Gasteiger partial charge on any atom is -0.338 e. The molecule has 6 heteroatoms. The van der Waals surface area contributed by atoms with Gasteiger partial charge in [0.25, 0.3) is 5.91 Å². The van der Waals surface area contributed by atoms with Crippen LogP contribution in [0.2, 0.25) is 10.0 Å². The second-order valence-electron chi connectivity index (χ2n) is 6.22. The van der Waals surface area contributed by atoms with Gasteiger partial charge in [0.2, 0.25) is 0 Å². The minimum atomic E-state index is -0.277. The highest BCUT2D eigenvalue weighted by Crippen LogP contribution is 2.29. The van der Waals surface area contributed by atoms with Gasteiger partial charge in [-0.2, -0.15) is 0 Å². The maximum atomic E-state index is 12.6. The van der Waals surface area contributed by atoms with E-state index in [0.29, 0.717) is 27.1 Å². The quantitative estimate of drug-likeness (QED) is 0.440. The van der Waals surface area contributed by atoms with E-state index in [1.807, 2.05) is 43.3 Å². The fraction of sp³-hybridized carbons (Fsp3) is 0.0476. The van der Waals surface area contributed by atoms with Crippen LogP contribution in [-0.4, -0.2) is 15.9 Å². The molecule has 0 aliphatic carbocycles. The third-order valence-corrected chi connectivity index (χ3v) is 5.05. The Morgan fingerprint density at radius 3 is 2.59 bits per heavy atom. The number of aryl methyl sites for hydroxylation is 1. The number of fused-ring (bicyclic) bond motifs is 1. The molecule has 4 nitrogen and oxygen atoms in total. The van der Waals surface area contributed by atoms with Gasteiger partial charge in [-0.3, -0.25) is 4.79 Å². The van der Waals surface area contributed by atoms with Gasteiger partial charge >= 0.3 is 0 Å². The van der Waals surface area contributed by atoms with Gasteiger partial charge in [-0.25, -0.2) is 4.98 Å². The molecule has 0 atom stereocenters. The molecule has 1 aromatic heterocycles. The highest BCUT2D eigenvalue weighted by atomic mass is 35.5. The van der Waals surface area contributed by atoms with E-state index in [2.05, 4.69) is 15.3 Å². The Morgan fingerprint density at radius 2 is 1.81 bits per heavy atom. The molecule has 1 heterocycles. The first kappa shape index (κ1) is 17.6. The molecule has 4 aromatic rings. The van der Waals surface area contributed by atoms with Gasteiger partial charge in [0.1, 0.15) is 5.82 Å². The van der Waals surface area contributed by atoms with Gasteiger partial charge in [0.05, 0.1) is 21.7 Å². The molecule has 134 valence electrons. The molecule has 0 bridgehead atoms. The number of nitrogens with zero attached hydrogens (tertiary/aromatic N) is 1. The SMILES string of the molecule is Cc1ccc(C(=O)Nc2cc(-c3nc4ccccc4[nH]3)ccc2Cl)cc1Cl. The summed E-state index contributed by atoms with van der Waals surface area (Å²) in [7, 11) is 0. The van der Waals surface area contributed by atoms with Crippen LogP contribution in [0, 0.1) is 6.92 Å². The number of para-hydroxylation sites is 2. The zero-order valence-electron chi connectivity index (χ0n) is 14.4. The van der Waals surface area contributed by atoms with Gasteiger partial charge in [-0.05, 0) is 55.0 Å². The summed E-state index contributed by atoms with van der Waals surface area (Å²) < 4.78 is 0. The van der Waals surface area contributed by atoms with E-state index in [1.54, 1.807) is 24.3 Å². The third-order valence-electron chi connectivity index (χ3n) is 4.31. The molecule has 0 spiro atoms. The van der Waals surface area contributed by atoms with E-state index >= 15 is 0 Å². The zero-order valence-corrected chi connectivity index (χ0v) is 15.9. The average molecular weight is 396 g/mol. The number of aromatic amines is 1. The van der Waals surface area contributed by atoms with Gasteiger partial charge in [0.15, 0.2) is 0 Å². The third kappa shape index (κ3) is 3.54. The van der Waals surface area contributed by atoms with Crippen molar-refractivity contribution < 1.29 is 4.79 Å². The molecule has 0 radical (unpaired) electrons. The van der Waals surface area contributed by atoms with Crippen molar-refractivity contribution >= 4 is 45.8 Å². The van der Waals surface area contributed by atoms with Crippen LogP contribution in [0.1, 0.15) is 15.9 Å². The molecule has 27 heavy (non-hydrogen) atoms. The zero-order chi connectivity index (χ0) is 19.0. The Labute approximate surface area is 166 Å². The standard InChI is InChI=1S/C21H15Cl2N3O/c1-12-6-7-14(10-16(12)23)21(27)26-19-11-13(8-9-15(19)22)20-24-17-4-2-3-5-18(17)25-20/h2-11H,1H3,(H,24,25)(H,26,27). The number of carbonyl (C=O) groups is 1. The summed E-state index contributed by atoms with van der Waals surface area (Å²) in [6, 6.07) is 18.4. The van der Waals surface area contributed by atoms with Crippen LogP contribution in [0.4, 0.5) is 5.69 Å². The van der Waals surface area contributed by atoms with Crippen molar-refractivity contribution in [1.29, 1.82) is 0 Å². The minimum absolute atomic E-state index is 0.277. The van der Waals surface area contributed by atoms with Gasteiger partial charge < -0.3 is 10.3 Å². The number of carbonyl (C=O) groups excluding carboxylic acids is 1. The summed E-state index contributed by atoms with van der Waals surface area (Å²) in [6.45, 7) is 1.89. The molecular formula is C21H15Cl2N3O. The van der Waals surface area contributed by atoms with Crippen LogP contribution in [0.15, 0.2) is 60.7 Å². The number of halogens is 2. The van der Waals surface area contributed by atoms with Crippen LogP contribution in [0.5, 0.6) is 0 Å². The summed E-state index contributed by atoms with van der Waals surface area (Å²) in [5, 5.41) is 3.84. The summed E-state index contributed by atoms with van der Waals surface area (Å²) in [5.74, 6) is 0.433. The van der Waals surface area contributed by atoms with Crippen LogP contribution in [0.3, 0.4) is 0 Å². The van der Waals surface area contributed by atoms with E-state index < -0.39 is 0 Å². The number of benzene rings is 3. The highest BCUT2D eigenvalue weighted by Gasteiger charge is 2.12. The Hall–Kier alpha value is -2.82. The number of hydrogen-bond donors (Lipinski definition) is 2. The summed E-state index contributed by atoms with van der Waals surface area (Å²) >= 11 is 12.4. The molecule has 2 N–H and O–H groups in total. The Bertz CT molecular complexity index is 1130. The molecule has 0 saturated carbocycles. The number of amides is 1. The van der Waals surface area contributed by atoms with Crippen LogP contribution in [-0.2, 0) is 0 Å². The van der Waals surface area contributed by atoms with E-state index in [4.69, 9.17) is 23.2 Å². The normalized spacial score (nSPS) is 10.9. The average Bonchev–Trinajstić information content (AvgIpc) is 3.10. The summed E-state index contributed by atoms with van der Waals surface area (Å²) in [5.41, 5.74) is 4.54. The Morgan fingerprint density at radius 1 is 1.00 bits per heavy atom. The molecular weight excluding hydrogens is 381 g/mol. The predicted octanol–water partition coefficient (Wildman–Crippen LogP) is 6.10. The topological polar surface area (TPSA) is 57.8 Å². The van der Waals surface area contributed by atoms with Crippen molar-refractivity contribution in [2.24, 2.45) is 0 Å². The molecule has 0 saturated heterocycles. The van der Waals surface area contributed by atoms with Crippen molar-refractivity contribution in [2.45, 2.75) is 6.92 Å². The van der Waals surface area contributed by atoms with Crippen LogP contribution >= 0.6 is 23.2 Å². The van der Waals surface area contributed by atoms with E-state index in [9.17, 15) is 4.79 Å². The number of H-pyrrole nitrogens is 1.